The molecule has 2 fully saturated rings. The Morgan fingerprint density at radius 3 is 2.65 bits per heavy atom. The Bertz CT molecular complexity index is 669. The number of nitrogens with zero attached hydrogens (tertiary/aromatic N) is 2. The minimum absolute atomic E-state index is 0.316. The Kier molecular flexibility index (Phi) is 2.56. The highest BCUT2D eigenvalue weighted by molar-refractivity contribution is 6.30. The minimum Gasteiger partial charge on any atom is -0.237 e. The largest absolute Gasteiger partial charge is 0.237 e. The summed E-state index contributed by atoms with van der Waals surface area (Å²) < 4.78 is 2.12. The van der Waals surface area contributed by atoms with Gasteiger partial charge in [0, 0.05) is 22.0 Å². The molecule has 2 unspecified atom stereocenters. The van der Waals surface area contributed by atoms with Crippen LogP contribution < -0.4 is 0 Å². The summed E-state index contributed by atoms with van der Waals surface area (Å²) in [6, 6.07) is 10.3. The van der Waals surface area contributed by atoms with Crippen molar-refractivity contribution < 1.29 is 0 Å². The molecule has 2 aliphatic carbocycles. The maximum absolute atomic E-state index is 6.14. The van der Waals surface area contributed by atoms with Crippen LogP contribution in [-0.4, -0.2) is 9.78 Å². The summed E-state index contributed by atoms with van der Waals surface area (Å²) in [6.07, 6.45) is 3.81. The van der Waals surface area contributed by atoms with Crippen molar-refractivity contribution in [3.63, 3.8) is 0 Å². The molecule has 2 atom stereocenters. The van der Waals surface area contributed by atoms with Crippen molar-refractivity contribution in [1.82, 2.24) is 9.78 Å². The Morgan fingerprint density at radius 2 is 2.05 bits per heavy atom. The van der Waals surface area contributed by atoms with Crippen molar-refractivity contribution in [3.8, 4) is 5.69 Å². The van der Waals surface area contributed by atoms with E-state index < -0.39 is 0 Å². The van der Waals surface area contributed by atoms with Crippen LogP contribution in [0.1, 0.15) is 50.4 Å². The van der Waals surface area contributed by atoms with E-state index in [1.54, 1.807) is 0 Å². The Hall–Kier alpha value is -1.28. The third kappa shape index (κ3) is 1.98. The molecule has 0 amide bonds. The van der Waals surface area contributed by atoms with Gasteiger partial charge in [-0.25, -0.2) is 4.68 Å². The van der Waals surface area contributed by atoms with E-state index in [-0.39, 0.29) is 0 Å². The first-order valence-corrected chi connectivity index (χ1v) is 7.81. The van der Waals surface area contributed by atoms with Crippen LogP contribution in [0.5, 0.6) is 0 Å². The van der Waals surface area contributed by atoms with E-state index in [2.05, 4.69) is 30.7 Å². The molecule has 0 spiro atoms. The molecular formula is C17H19ClN2. The summed E-state index contributed by atoms with van der Waals surface area (Å²) >= 11 is 6.14. The third-order valence-corrected chi connectivity index (χ3v) is 5.13. The van der Waals surface area contributed by atoms with Crippen LogP contribution in [0.2, 0.25) is 5.02 Å². The summed E-state index contributed by atoms with van der Waals surface area (Å²) in [5.74, 6) is 1.45. The highest BCUT2D eigenvalue weighted by atomic mass is 35.5. The first-order valence-electron chi connectivity index (χ1n) is 7.43. The van der Waals surface area contributed by atoms with Crippen molar-refractivity contribution >= 4 is 11.6 Å². The summed E-state index contributed by atoms with van der Waals surface area (Å²) in [4.78, 5) is 0. The molecule has 0 aliphatic heterocycles. The van der Waals surface area contributed by atoms with E-state index >= 15 is 0 Å². The van der Waals surface area contributed by atoms with Crippen molar-refractivity contribution in [3.05, 3.63) is 46.7 Å². The fourth-order valence-electron chi connectivity index (χ4n) is 2.95. The molecule has 3 heteroatoms. The standard InChI is InChI=1S/C17H19ClN2/c1-11-8-14(11)15-10-16(17(2)6-7-17)19-20(15)13-5-3-4-12(18)9-13/h3-5,9-11,14H,6-8H2,1-2H3. The van der Waals surface area contributed by atoms with Gasteiger partial charge >= 0.3 is 0 Å². The lowest BCUT2D eigenvalue weighted by molar-refractivity contribution is 0.706. The predicted molar refractivity (Wildman–Crippen MR) is 81.7 cm³/mol. The predicted octanol–water partition coefficient (Wildman–Crippen LogP) is 4.70. The third-order valence-electron chi connectivity index (χ3n) is 4.90. The van der Waals surface area contributed by atoms with E-state index in [9.17, 15) is 0 Å². The number of halogens is 1. The summed E-state index contributed by atoms with van der Waals surface area (Å²) in [5.41, 5.74) is 4.02. The van der Waals surface area contributed by atoms with Crippen LogP contribution in [0.4, 0.5) is 0 Å². The van der Waals surface area contributed by atoms with Gasteiger partial charge in [-0.3, -0.25) is 0 Å². The van der Waals surface area contributed by atoms with Crippen LogP contribution in [0.15, 0.2) is 30.3 Å². The zero-order valence-corrected chi connectivity index (χ0v) is 12.7. The van der Waals surface area contributed by atoms with Gasteiger partial charge < -0.3 is 0 Å². The second kappa shape index (κ2) is 4.11. The Labute approximate surface area is 124 Å². The van der Waals surface area contributed by atoms with Gasteiger partial charge in [0.25, 0.3) is 0 Å². The lowest BCUT2D eigenvalue weighted by Gasteiger charge is -2.07. The molecule has 1 aromatic heterocycles. The number of benzene rings is 1. The molecule has 2 aromatic rings. The average molecular weight is 287 g/mol. The van der Waals surface area contributed by atoms with Crippen molar-refractivity contribution in [2.75, 3.05) is 0 Å². The normalized spacial score (nSPS) is 26.6. The molecule has 2 aliphatic rings. The van der Waals surface area contributed by atoms with E-state index in [4.69, 9.17) is 16.7 Å². The summed E-state index contributed by atoms with van der Waals surface area (Å²) in [6.45, 7) is 4.64. The molecule has 1 aromatic carbocycles. The van der Waals surface area contributed by atoms with Crippen LogP contribution in [0.3, 0.4) is 0 Å². The van der Waals surface area contributed by atoms with Gasteiger partial charge in [0.15, 0.2) is 0 Å². The molecule has 104 valence electrons. The fraction of sp³-hybridized carbons (Fsp3) is 0.471. The van der Waals surface area contributed by atoms with E-state index in [0.29, 0.717) is 11.3 Å². The molecule has 2 nitrogen and oxygen atoms in total. The first-order chi connectivity index (χ1) is 9.57. The lowest BCUT2D eigenvalue weighted by atomic mass is 10.1. The molecule has 20 heavy (non-hydrogen) atoms. The molecule has 4 rings (SSSR count). The highest BCUT2D eigenvalue weighted by Crippen LogP contribution is 2.51. The van der Waals surface area contributed by atoms with Gasteiger partial charge in [0.1, 0.15) is 0 Å². The van der Waals surface area contributed by atoms with Crippen LogP contribution >= 0.6 is 11.6 Å². The van der Waals surface area contributed by atoms with Gasteiger partial charge in [0.05, 0.1) is 11.4 Å². The van der Waals surface area contributed by atoms with Crippen molar-refractivity contribution in [2.45, 2.75) is 44.4 Å². The molecule has 0 N–H and O–H groups in total. The molecule has 2 saturated carbocycles. The SMILES string of the molecule is CC1CC1c1cc(C2(C)CC2)nn1-c1cccc(Cl)c1. The van der Waals surface area contributed by atoms with Crippen LogP contribution in [-0.2, 0) is 5.41 Å². The van der Waals surface area contributed by atoms with Crippen LogP contribution in [0.25, 0.3) is 5.69 Å². The molecule has 0 saturated heterocycles. The molecule has 1 heterocycles. The Morgan fingerprint density at radius 1 is 1.30 bits per heavy atom. The molecule has 0 bridgehead atoms. The van der Waals surface area contributed by atoms with Crippen molar-refractivity contribution in [1.29, 1.82) is 0 Å². The maximum atomic E-state index is 6.14. The van der Waals surface area contributed by atoms with Gasteiger partial charge in [-0.2, -0.15) is 5.10 Å². The highest BCUT2D eigenvalue weighted by Gasteiger charge is 2.44. The summed E-state index contributed by atoms with van der Waals surface area (Å²) in [5, 5.41) is 5.68. The van der Waals surface area contributed by atoms with E-state index in [1.165, 1.54) is 30.7 Å². The number of rotatable bonds is 3. The zero-order chi connectivity index (χ0) is 13.9. The van der Waals surface area contributed by atoms with Gasteiger partial charge in [-0.1, -0.05) is 31.5 Å². The fourth-order valence-corrected chi connectivity index (χ4v) is 3.13. The number of hydrogen-bond donors (Lipinski definition) is 0. The monoisotopic (exact) mass is 286 g/mol. The topological polar surface area (TPSA) is 17.8 Å². The molecule has 0 radical (unpaired) electrons. The second-order valence-corrected chi connectivity index (χ2v) is 7.16. The quantitative estimate of drug-likeness (QED) is 0.799. The van der Waals surface area contributed by atoms with E-state index in [0.717, 1.165) is 16.6 Å². The van der Waals surface area contributed by atoms with Crippen molar-refractivity contribution in [2.24, 2.45) is 5.92 Å². The lowest BCUT2D eigenvalue weighted by Crippen LogP contribution is -2.04. The minimum atomic E-state index is 0.316. The Balaban J connectivity index is 1.82. The first kappa shape index (κ1) is 12.5. The van der Waals surface area contributed by atoms with Crippen LogP contribution in [0, 0.1) is 5.92 Å². The average Bonchev–Trinajstić information content (AvgIpc) is 3.29. The van der Waals surface area contributed by atoms with Gasteiger partial charge in [-0.15, -0.1) is 0 Å². The zero-order valence-electron chi connectivity index (χ0n) is 11.9. The maximum Gasteiger partial charge on any atom is 0.0690 e. The smallest absolute Gasteiger partial charge is 0.0690 e. The van der Waals surface area contributed by atoms with Gasteiger partial charge in [0.2, 0.25) is 0 Å². The van der Waals surface area contributed by atoms with E-state index in [1.807, 2.05) is 18.2 Å². The second-order valence-electron chi connectivity index (χ2n) is 6.73. The number of aromatic nitrogens is 2. The van der Waals surface area contributed by atoms with Gasteiger partial charge in [-0.05, 0) is 49.4 Å². The molecular weight excluding hydrogens is 268 g/mol. The number of hydrogen-bond acceptors (Lipinski definition) is 1. The summed E-state index contributed by atoms with van der Waals surface area (Å²) in [7, 11) is 0.